The summed E-state index contributed by atoms with van der Waals surface area (Å²) in [5, 5.41) is 0. The zero-order valence-electron chi connectivity index (χ0n) is 9.61. The second kappa shape index (κ2) is 6.53. The number of hydrogen-bond donors (Lipinski definition) is 1. The van der Waals surface area contributed by atoms with E-state index in [4.69, 9.17) is 5.73 Å². The number of nitrogens with zero attached hydrogens (tertiary/aromatic N) is 1. The van der Waals surface area contributed by atoms with E-state index in [0.717, 1.165) is 11.4 Å². The zero-order chi connectivity index (χ0) is 12.0. The van der Waals surface area contributed by atoms with Crippen molar-refractivity contribution in [3.8, 4) is 0 Å². The molecule has 16 heavy (non-hydrogen) atoms. The molecule has 1 rings (SSSR count). The molecule has 0 saturated carbocycles. The van der Waals surface area contributed by atoms with Crippen molar-refractivity contribution < 1.29 is 4.39 Å². The lowest BCUT2D eigenvalue weighted by Crippen LogP contribution is -2.16. The van der Waals surface area contributed by atoms with E-state index < -0.39 is 0 Å². The Morgan fingerprint density at radius 1 is 1.38 bits per heavy atom. The molecule has 0 spiro atoms. The van der Waals surface area contributed by atoms with Crippen LogP contribution in [0.2, 0.25) is 0 Å². The van der Waals surface area contributed by atoms with Crippen LogP contribution in [0, 0.1) is 11.7 Å². The molecule has 0 atom stereocenters. The van der Waals surface area contributed by atoms with Gasteiger partial charge in [-0.05, 0) is 30.2 Å². The third kappa shape index (κ3) is 5.16. The first-order valence-corrected chi connectivity index (χ1v) is 6.23. The molecule has 2 N–H and O–H groups in total. The molecule has 0 unspecified atom stereocenters. The molecule has 0 bridgehead atoms. The van der Waals surface area contributed by atoms with Gasteiger partial charge in [0, 0.05) is 11.4 Å². The molecule has 0 heterocycles. The van der Waals surface area contributed by atoms with Gasteiger partial charge in [0.1, 0.15) is 11.7 Å². The van der Waals surface area contributed by atoms with Crippen molar-refractivity contribution in [2.24, 2.45) is 16.6 Å². The van der Waals surface area contributed by atoms with Gasteiger partial charge in [-0.25, -0.2) is 4.39 Å². The third-order valence-corrected chi connectivity index (χ3v) is 2.91. The molecule has 88 valence electrons. The lowest BCUT2D eigenvalue weighted by molar-refractivity contribution is 0.626. The molecule has 0 aliphatic carbocycles. The fourth-order valence-corrected chi connectivity index (χ4v) is 1.77. The van der Waals surface area contributed by atoms with Crippen molar-refractivity contribution in [1.82, 2.24) is 0 Å². The van der Waals surface area contributed by atoms with Gasteiger partial charge < -0.3 is 5.73 Å². The number of benzene rings is 1. The Balaban J connectivity index is 2.39. The Kier molecular flexibility index (Phi) is 5.32. The number of rotatable bonds is 5. The van der Waals surface area contributed by atoms with Gasteiger partial charge in [-0.15, -0.1) is 11.8 Å². The second-order valence-corrected chi connectivity index (χ2v) is 5.02. The van der Waals surface area contributed by atoms with Crippen LogP contribution in [0.4, 0.5) is 4.39 Å². The summed E-state index contributed by atoms with van der Waals surface area (Å²) in [7, 11) is 0. The Bertz CT molecular complexity index is 347. The Morgan fingerprint density at radius 2 is 2.00 bits per heavy atom. The van der Waals surface area contributed by atoms with Crippen LogP contribution >= 0.6 is 11.8 Å². The van der Waals surface area contributed by atoms with Crippen LogP contribution in [0.3, 0.4) is 0 Å². The molecular weight excluding hydrogens is 223 g/mol. The van der Waals surface area contributed by atoms with Gasteiger partial charge in [-0.1, -0.05) is 13.8 Å². The van der Waals surface area contributed by atoms with E-state index in [2.05, 4.69) is 18.8 Å². The van der Waals surface area contributed by atoms with Crippen molar-refractivity contribution in [1.29, 1.82) is 0 Å². The molecular formula is C12H17FN2S. The van der Waals surface area contributed by atoms with Crippen molar-refractivity contribution in [3.63, 3.8) is 0 Å². The van der Waals surface area contributed by atoms with Gasteiger partial charge >= 0.3 is 0 Å². The van der Waals surface area contributed by atoms with Crippen LogP contribution in [0.5, 0.6) is 0 Å². The number of aliphatic imine (C=N–C) groups is 1. The van der Waals surface area contributed by atoms with Gasteiger partial charge in [0.2, 0.25) is 0 Å². The lowest BCUT2D eigenvalue weighted by atomic mass is 10.2. The topological polar surface area (TPSA) is 38.4 Å². The number of amidine groups is 1. The number of thioether (sulfide) groups is 1. The Labute approximate surface area is 100 Å². The van der Waals surface area contributed by atoms with E-state index in [1.165, 1.54) is 12.1 Å². The van der Waals surface area contributed by atoms with Crippen molar-refractivity contribution in [3.05, 3.63) is 30.1 Å². The summed E-state index contributed by atoms with van der Waals surface area (Å²) in [6.07, 6.45) is 0. The zero-order valence-corrected chi connectivity index (χ0v) is 10.4. The first-order valence-electron chi connectivity index (χ1n) is 5.25. The molecule has 1 aromatic rings. The van der Waals surface area contributed by atoms with Crippen LogP contribution in [0.1, 0.15) is 13.8 Å². The first kappa shape index (κ1) is 13.0. The maximum Gasteiger partial charge on any atom is 0.123 e. The Hall–Kier alpha value is -1.03. The maximum atomic E-state index is 12.6. The number of nitrogens with two attached hydrogens (primary N) is 1. The van der Waals surface area contributed by atoms with Gasteiger partial charge in [0.25, 0.3) is 0 Å². The quantitative estimate of drug-likeness (QED) is 0.488. The van der Waals surface area contributed by atoms with E-state index >= 15 is 0 Å². The Morgan fingerprint density at radius 3 is 2.56 bits per heavy atom. The van der Waals surface area contributed by atoms with E-state index in [9.17, 15) is 4.39 Å². The lowest BCUT2D eigenvalue weighted by Gasteiger charge is -2.03. The minimum atomic E-state index is -0.217. The standard InChI is InChI=1S/C12H17FN2S/c1-9(2)7-15-12(14)8-16-11-5-3-10(13)4-6-11/h3-6,9H,7-8H2,1-2H3,(H2,14,15). The van der Waals surface area contributed by atoms with Crippen molar-refractivity contribution >= 4 is 17.6 Å². The van der Waals surface area contributed by atoms with Crippen LogP contribution < -0.4 is 5.73 Å². The molecule has 0 aliphatic rings. The summed E-state index contributed by atoms with van der Waals surface area (Å²) >= 11 is 1.57. The average molecular weight is 240 g/mol. The highest BCUT2D eigenvalue weighted by Gasteiger charge is 1.98. The largest absolute Gasteiger partial charge is 0.387 e. The predicted octanol–water partition coefficient (Wildman–Crippen LogP) is 2.93. The highest BCUT2D eigenvalue weighted by Crippen LogP contribution is 2.17. The smallest absolute Gasteiger partial charge is 0.123 e. The highest BCUT2D eigenvalue weighted by molar-refractivity contribution is 8.00. The summed E-state index contributed by atoms with van der Waals surface area (Å²) < 4.78 is 12.6. The summed E-state index contributed by atoms with van der Waals surface area (Å²) in [5.41, 5.74) is 5.75. The van der Waals surface area contributed by atoms with Crippen molar-refractivity contribution in [2.45, 2.75) is 18.7 Å². The van der Waals surface area contributed by atoms with Gasteiger partial charge in [-0.2, -0.15) is 0 Å². The van der Waals surface area contributed by atoms with E-state index in [-0.39, 0.29) is 5.82 Å². The van der Waals surface area contributed by atoms with Crippen molar-refractivity contribution in [2.75, 3.05) is 12.3 Å². The fourth-order valence-electron chi connectivity index (χ4n) is 1.03. The van der Waals surface area contributed by atoms with Gasteiger partial charge in [0.15, 0.2) is 0 Å². The molecule has 4 heteroatoms. The number of halogens is 1. The molecule has 2 nitrogen and oxygen atoms in total. The minimum Gasteiger partial charge on any atom is -0.387 e. The summed E-state index contributed by atoms with van der Waals surface area (Å²) in [6, 6.07) is 6.39. The summed E-state index contributed by atoms with van der Waals surface area (Å²) in [4.78, 5) is 5.26. The molecule has 0 aromatic heterocycles. The number of hydrogen-bond acceptors (Lipinski definition) is 2. The SMILES string of the molecule is CC(C)CN=C(N)CSc1ccc(F)cc1. The van der Waals surface area contributed by atoms with E-state index in [0.29, 0.717) is 17.5 Å². The van der Waals surface area contributed by atoms with Crippen LogP contribution in [0.25, 0.3) is 0 Å². The molecule has 0 saturated heterocycles. The minimum absolute atomic E-state index is 0.217. The van der Waals surface area contributed by atoms with E-state index in [1.807, 2.05) is 0 Å². The third-order valence-electron chi connectivity index (χ3n) is 1.86. The van der Waals surface area contributed by atoms with Crippen LogP contribution in [0.15, 0.2) is 34.2 Å². The van der Waals surface area contributed by atoms with Gasteiger partial charge in [0.05, 0.1) is 5.75 Å². The maximum absolute atomic E-state index is 12.6. The van der Waals surface area contributed by atoms with E-state index in [1.54, 1.807) is 23.9 Å². The highest BCUT2D eigenvalue weighted by atomic mass is 32.2. The van der Waals surface area contributed by atoms with Crippen LogP contribution in [-0.4, -0.2) is 18.1 Å². The summed E-state index contributed by atoms with van der Waals surface area (Å²) in [6.45, 7) is 4.96. The normalized spacial score (nSPS) is 12.1. The first-order chi connectivity index (χ1) is 7.58. The molecule has 0 amide bonds. The van der Waals surface area contributed by atoms with Crippen LogP contribution in [-0.2, 0) is 0 Å². The summed E-state index contributed by atoms with van der Waals surface area (Å²) in [5.74, 6) is 1.60. The fraction of sp³-hybridized carbons (Fsp3) is 0.417. The molecule has 0 radical (unpaired) electrons. The molecule has 0 fully saturated rings. The van der Waals surface area contributed by atoms with Gasteiger partial charge in [-0.3, -0.25) is 4.99 Å². The monoisotopic (exact) mass is 240 g/mol. The second-order valence-electron chi connectivity index (χ2n) is 3.97. The average Bonchev–Trinajstić information content (AvgIpc) is 2.25. The molecule has 0 aliphatic heterocycles. The molecule has 1 aromatic carbocycles. The predicted molar refractivity (Wildman–Crippen MR) is 68.5 cm³/mol.